The molecule has 0 bridgehead atoms. The largest absolute Gasteiger partial charge is 0.480 e. The van der Waals surface area contributed by atoms with E-state index in [9.17, 15) is 14.4 Å². The number of rotatable bonds is 7. The zero-order valence-electron chi connectivity index (χ0n) is 12.7. The van der Waals surface area contributed by atoms with Gasteiger partial charge < -0.3 is 21.1 Å². The third kappa shape index (κ3) is 5.46. The van der Waals surface area contributed by atoms with E-state index < -0.39 is 23.5 Å². The molecule has 3 amide bonds. The van der Waals surface area contributed by atoms with Crippen LogP contribution in [0.5, 0.6) is 0 Å². The van der Waals surface area contributed by atoms with Gasteiger partial charge in [-0.2, -0.15) is 0 Å². The average molecular weight is 287 g/mol. The van der Waals surface area contributed by atoms with Crippen LogP contribution in [0.2, 0.25) is 0 Å². The SMILES string of the molecule is CCC(C)[C@H](NC(=O)NCC(C)(C)C(=O)NC)C(=O)O. The van der Waals surface area contributed by atoms with Gasteiger partial charge in [0.2, 0.25) is 5.91 Å². The third-order valence-corrected chi connectivity index (χ3v) is 3.30. The molecular weight excluding hydrogens is 262 g/mol. The molecule has 4 N–H and O–H groups in total. The van der Waals surface area contributed by atoms with Crippen LogP contribution < -0.4 is 16.0 Å². The number of aliphatic carboxylic acids is 1. The van der Waals surface area contributed by atoms with Crippen LogP contribution in [0.15, 0.2) is 0 Å². The smallest absolute Gasteiger partial charge is 0.326 e. The second kappa shape index (κ2) is 7.72. The number of carbonyl (C=O) groups excluding carboxylic acids is 2. The minimum absolute atomic E-state index is 0.116. The number of carboxylic acids is 1. The average Bonchev–Trinajstić information content (AvgIpc) is 2.40. The van der Waals surface area contributed by atoms with Crippen LogP contribution in [-0.4, -0.2) is 42.6 Å². The highest BCUT2D eigenvalue weighted by Gasteiger charge is 2.29. The Hall–Kier alpha value is -1.79. The number of amides is 3. The maximum atomic E-state index is 11.7. The Bertz CT molecular complexity index is 369. The highest BCUT2D eigenvalue weighted by molar-refractivity contribution is 5.84. The van der Waals surface area contributed by atoms with Crippen molar-refractivity contribution in [2.75, 3.05) is 13.6 Å². The number of urea groups is 1. The predicted molar refractivity (Wildman–Crippen MR) is 75.3 cm³/mol. The number of carbonyl (C=O) groups is 3. The topological polar surface area (TPSA) is 108 Å². The molecule has 0 fully saturated rings. The fourth-order valence-corrected chi connectivity index (χ4v) is 1.60. The van der Waals surface area contributed by atoms with Gasteiger partial charge in [-0.1, -0.05) is 20.3 Å². The van der Waals surface area contributed by atoms with Crippen molar-refractivity contribution in [2.24, 2.45) is 11.3 Å². The fraction of sp³-hybridized carbons (Fsp3) is 0.769. The summed E-state index contributed by atoms with van der Waals surface area (Å²) < 4.78 is 0. The van der Waals surface area contributed by atoms with Gasteiger partial charge in [-0.15, -0.1) is 0 Å². The van der Waals surface area contributed by atoms with Crippen molar-refractivity contribution in [3.63, 3.8) is 0 Å². The van der Waals surface area contributed by atoms with E-state index in [2.05, 4.69) is 16.0 Å². The molecule has 7 nitrogen and oxygen atoms in total. The van der Waals surface area contributed by atoms with E-state index in [1.165, 1.54) is 7.05 Å². The molecule has 0 aromatic carbocycles. The second-order valence-electron chi connectivity index (χ2n) is 5.49. The van der Waals surface area contributed by atoms with Crippen LogP contribution in [0.25, 0.3) is 0 Å². The van der Waals surface area contributed by atoms with Gasteiger partial charge in [-0.25, -0.2) is 9.59 Å². The van der Waals surface area contributed by atoms with E-state index >= 15 is 0 Å². The lowest BCUT2D eigenvalue weighted by Gasteiger charge is -2.25. The van der Waals surface area contributed by atoms with E-state index in [4.69, 9.17) is 5.11 Å². The molecule has 0 saturated carbocycles. The van der Waals surface area contributed by atoms with Crippen LogP contribution >= 0.6 is 0 Å². The van der Waals surface area contributed by atoms with Gasteiger partial charge in [0.05, 0.1) is 5.41 Å². The molecule has 0 rings (SSSR count). The van der Waals surface area contributed by atoms with Crippen LogP contribution in [0.1, 0.15) is 34.1 Å². The molecule has 20 heavy (non-hydrogen) atoms. The van der Waals surface area contributed by atoms with Gasteiger partial charge >= 0.3 is 12.0 Å². The Balaban J connectivity index is 4.48. The van der Waals surface area contributed by atoms with Crippen LogP contribution in [0.3, 0.4) is 0 Å². The van der Waals surface area contributed by atoms with Gasteiger partial charge in [0, 0.05) is 13.6 Å². The number of hydrogen-bond donors (Lipinski definition) is 4. The number of carboxylic acid groups (broad SMARTS) is 1. The number of hydrogen-bond acceptors (Lipinski definition) is 3. The Labute approximate surface area is 119 Å². The van der Waals surface area contributed by atoms with Crippen molar-refractivity contribution < 1.29 is 19.5 Å². The zero-order chi connectivity index (χ0) is 15.9. The molecule has 1 unspecified atom stereocenters. The number of nitrogens with one attached hydrogen (secondary N) is 3. The minimum Gasteiger partial charge on any atom is -0.480 e. The molecule has 0 aliphatic carbocycles. The summed E-state index contributed by atoms with van der Waals surface area (Å²) >= 11 is 0. The Morgan fingerprint density at radius 3 is 2.20 bits per heavy atom. The molecule has 2 atom stereocenters. The monoisotopic (exact) mass is 287 g/mol. The van der Waals surface area contributed by atoms with E-state index in [1.54, 1.807) is 20.8 Å². The van der Waals surface area contributed by atoms with Gasteiger partial charge in [-0.3, -0.25) is 4.79 Å². The first-order valence-electron chi connectivity index (χ1n) is 6.65. The predicted octanol–water partition coefficient (Wildman–Crippen LogP) is 0.557. The van der Waals surface area contributed by atoms with Gasteiger partial charge in [0.25, 0.3) is 0 Å². The standard InChI is InChI=1S/C13H25N3O4/c1-6-8(2)9(10(17)18)16-12(20)15-7-13(3,4)11(19)14-5/h8-9H,6-7H2,1-5H3,(H,14,19)(H,17,18)(H2,15,16,20)/t8?,9-/m0/s1. The maximum Gasteiger partial charge on any atom is 0.326 e. The third-order valence-electron chi connectivity index (χ3n) is 3.30. The van der Waals surface area contributed by atoms with Crippen molar-refractivity contribution in [1.29, 1.82) is 0 Å². The van der Waals surface area contributed by atoms with E-state index in [0.29, 0.717) is 6.42 Å². The first-order chi connectivity index (χ1) is 9.15. The van der Waals surface area contributed by atoms with Crippen LogP contribution in [0.4, 0.5) is 4.79 Å². The molecule has 0 aromatic rings. The quantitative estimate of drug-likeness (QED) is 0.548. The summed E-state index contributed by atoms with van der Waals surface area (Å²) in [6.45, 7) is 7.11. The summed E-state index contributed by atoms with van der Waals surface area (Å²) in [5.74, 6) is -1.44. The summed E-state index contributed by atoms with van der Waals surface area (Å²) in [6, 6.07) is -1.53. The fourth-order valence-electron chi connectivity index (χ4n) is 1.60. The van der Waals surface area contributed by atoms with E-state index in [1.807, 2.05) is 6.92 Å². The summed E-state index contributed by atoms with van der Waals surface area (Å²) in [4.78, 5) is 34.4. The lowest BCUT2D eigenvalue weighted by molar-refractivity contribution is -0.140. The molecule has 0 aliphatic heterocycles. The molecular formula is C13H25N3O4. The molecule has 0 aromatic heterocycles. The highest BCUT2D eigenvalue weighted by Crippen LogP contribution is 2.13. The Morgan fingerprint density at radius 1 is 1.25 bits per heavy atom. The molecule has 0 radical (unpaired) electrons. The molecule has 116 valence electrons. The Morgan fingerprint density at radius 2 is 1.80 bits per heavy atom. The van der Waals surface area contributed by atoms with E-state index in [-0.39, 0.29) is 18.4 Å². The first kappa shape index (κ1) is 18.2. The molecule has 0 spiro atoms. The van der Waals surface area contributed by atoms with Crippen molar-refractivity contribution in [3.8, 4) is 0 Å². The molecule has 0 aliphatic rings. The van der Waals surface area contributed by atoms with Crippen molar-refractivity contribution >= 4 is 17.9 Å². The van der Waals surface area contributed by atoms with Gasteiger partial charge in [0.15, 0.2) is 0 Å². The van der Waals surface area contributed by atoms with Gasteiger partial charge in [-0.05, 0) is 19.8 Å². The van der Waals surface area contributed by atoms with Crippen molar-refractivity contribution in [1.82, 2.24) is 16.0 Å². The second-order valence-corrected chi connectivity index (χ2v) is 5.49. The summed E-state index contributed by atoms with van der Waals surface area (Å²) in [7, 11) is 1.52. The van der Waals surface area contributed by atoms with Crippen molar-refractivity contribution in [2.45, 2.75) is 40.2 Å². The molecule has 0 heterocycles. The Kier molecular flexibility index (Phi) is 7.02. The highest BCUT2D eigenvalue weighted by atomic mass is 16.4. The maximum absolute atomic E-state index is 11.7. The normalized spacial score (nSPS) is 14.1. The van der Waals surface area contributed by atoms with E-state index in [0.717, 1.165) is 0 Å². The summed E-state index contributed by atoms with van der Waals surface area (Å²) in [5.41, 5.74) is -0.763. The molecule has 0 saturated heterocycles. The summed E-state index contributed by atoms with van der Waals surface area (Å²) in [5, 5.41) is 16.5. The zero-order valence-corrected chi connectivity index (χ0v) is 12.7. The lowest BCUT2D eigenvalue weighted by atomic mass is 9.92. The van der Waals surface area contributed by atoms with Crippen LogP contribution in [0, 0.1) is 11.3 Å². The molecule has 7 heteroatoms. The van der Waals surface area contributed by atoms with Gasteiger partial charge in [0.1, 0.15) is 6.04 Å². The summed E-state index contributed by atoms with van der Waals surface area (Å²) in [6.07, 6.45) is 0.640. The van der Waals surface area contributed by atoms with Crippen LogP contribution in [-0.2, 0) is 9.59 Å². The lowest BCUT2D eigenvalue weighted by Crippen LogP contribution is -2.52. The minimum atomic E-state index is -1.07. The first-order valence-corrected chi connectivity index (χ1v) is 6.65. The van der Waals surface area contributed by atoms with Crippen molar-refractivity contribution in [3.05, 3.63) is 0 Å².